The monoisotopic (exact) mass is 251 g/mol. The van der Waals surface area contributed by atoms with Crippen LogP contribution in [0.15, 0.2) is 18.2 Å². The first-order chi connectivity index (χ1) is 8.43. The molecule has 0 radical (unpaired) electrons. The third kappa shape index (κ3) is 3.94. The fourth-order valence-electron chi connectivity index (χ4n) is 1.66. The summed E-state index contributed by atoms with van der Waals surface area (Å²) in [4.78, 5) is 21.4. The Balaban J connectivity index is 2.82. The highest BCUT2D eigenvalue weighted by Crippen LogP contribution is 2.19. The van der Waals surface area contributed by atoms with Crippen molar-refractivity contribution in [1.29, 1.82) is 0 Å². The molecule has 0 heterocycles. The van der Waals surface area contributed by atoms with Crippen molar-refractivity contribution in [2.24, 2.45) is 0 Å². The predicted molar refractivity (Wildman–Crippen MR) is 66.2 cm³/mol. The summed E-state index contributed by atoms with van der Waals surface area (Å²) < 4.78 is 0. The molecule has 0 fully saturated rings. The maximum absolute atomic E-state index is 10.7. The smallest absolute Gasteiger partial charge is 0.216 e. The quantitative estimate of drug-likeness (QED) is 0.658. The predicted octanol–water partition coefficient (Wildman–Crippen LogP) is 0.338. The minimum absolute atomic E-state index is 0.0408. The van der Waals surface area contributed by atoms with Gasteiger partial charge in [-0.2, -0.15) is 0 Å². The highest BCUT2D eigenvalue weighted by Gasteiger charge is 2.19. The van der Waals surface area contributed by atoms with Gasteiger partial charge in [0.05, 0.1) is 0 Å². The zero-order chi connectivity index (χ0) is 13.7. The number of hydrogen-bond acceptors (Lipinski definition) is 4. The maximum atomic E-state index is 10.7. The van der Waals surface area contributed by atoms with Crippen LogP contribution in [-0.4, -0.2) is 35.1 Å². The van der Waals surface area contributed by atoms with E-state index in [-0.39, 0.29) is 12.5 Å². The standard InChI is InChI=1S/C13H17NO4/c1-8-3-10(7-15)5-11(4-8)13(18)12(17)6-14-9(2)16/h3-5,7,12-13,17-18H,6H2,1-2H3,(H,14,16). The van der Waals surface area contributed by atoms with Crippen molar-refractivity contribution in [3.8, 4) is 0 Å². The normalized spacial score (nSPS) is 13.8. The summed E-state index contributed by atoms with van der Waals surface area (Å²) in [5, 5.41) is 22.1. The van der Waals surface area contributed by atoms with Gasteiger partial charge in [0.25, 0.3) is 0 Å². The first kappa shape index (κ1) is 14.3. The molecule has 2 atom stereocenters. The van der Waals surface area contributed by atoms with Crippen LogP contribution in [0.4, 0.5) is 0 Å². The number of rotatable bonds is 5. The van der Waals surface area contributed by atoms with Crippen molar-refractivity contribution >= 4 is 12.2 Å². The van der Waals surface area contributed by atoms with Crippen molar-refractivity contribution in [3.63, 3.8) is 0 Å². The van der Waals surface area contributed by atoms with E-state index >= 15 is 0 Å². The van der Waals surface area contributed by atoms with Gasteiger partial charge >= 0.3 is 0 Å². The molecule has 0 saturated heterocycles. The Morgan fingerprint density at radius 3 is 2.61 bits per heavy atom. The Kier molecular flexibility index (Phi) is 5.00. The minimum Gasteiger partial charge on any atom is -0.388 e. The van der Waals surface area contributed by atoms with Crippen LogP contribution in [0, 0.1) is 6.92 Å². The van der Waals surface area contributed by atoms with Crippen LogP contribution >= 0.6 is 0 Å². The van der Waals surface area contributed by atoms with Crippen LogP contribution in [0.25, 0.3) is 0 Å². The van der Waals surface area contributed by atoms with Crippen LogP contribution < -0.4 is 5.32 Å². The van der Waals surface area contributed by atoms with E-state index in [1.165, 1.54) is 13.0 Å². The Morgan fingerprint density at radius 1 is 1.39 bits per heavy atom. The number of aryl methyl sites for hydroxylation is 1. The Labute approximate surface area is 105 Å². The van der Waals surface area contributed by atoms with Crippen LogP contribution in [-0.2, 0) is 4.79 Å². The van der Waals surface area contributed by atoms with E-state index in [1.807, 2.05) is 0 Å². The van der Waals surface area contributed by atoms with E-state index < -0.39 is 12.2 Å². The van der Waals surface area contributed by atoms with Gasteiger partial charge in [0.15, 0.2) is 0 Å². The molecular formula is C13H17NO4. The number of hydrogen-bond donors (Lipinski definition) is 3. The molecule has 5 nitrogen and oxygen atoms in total. The molecule has 0 aliphatic carbocycles. The largest absolute Gasteiger partial charge is 0.388 e. The Bertz CT molecular complexity index is 445. The van der Waals surface area contributed by atoms with Crippen LogP contribution in [0.1, 0.15) is 34.5 Å². The van der Waals surface area contributed by atoms with E-state index in [0.717, 1.165) is 5.56 Å². The minimum atomic E-state index is -1.14. The lowest BCUT2D eigenvalue weighted by Gasteiger charge is -2.19. The van der Waals surface area contributed by atoms with Gasteiger partial charge in [-0.05, 0) is 24.6 Å². The van der Waals surface area contributed by atoms with Gasteiger partial charge in [0.1, 0.15) is 18.5 Å². The number of carbonyl (C=O) groups excluding carboxylic acids is 2. The topological polar surface area (TPSA) is 86.6 Å². The number of carbonyl (C=O) groups is 2. The number of amides is 1. The number of aldehydes is 1. The summed E-state index contributed by atoms with van der Waals surface area (Å²) >= 11 is 0. The molecular weight excluding hydrogens is 234 g/mol. The van der Waals surface area contributed by atoms with Crippen LogP contribution in [0.3, 0.4) is 0 Å². The molecule has 2 unspecified atom stereocenters. The van der Waals surface area contributed by atoms with E-state index in [4.69, 9.17) is 0 Å². The first-order valence-corrected chi connectivity index (χ1v) is 5.61. The molecule has 5 heteroatoms. The number of aliphatic hydroxyl groups is 2. The van der Waals surface area contributed by atoms with Gasteiger partial charge in [-0.15, -0.1) is 0 Å². The van der Waals surface area contributed by atoms with Gasteiger partial charge in [0, 0.05) is 19.0 Å². The maximum Gasteiger partial charge on any atom is 0.216 e. The van der Waals surface area contributed by atoms with Crippen LogP contribution in [0.2, 0.25) is 0 Å². The molecule has 0 aliphatic heterocycles. The molecule has 0 spiro atoms. The molecule has 98 valence electrons. The highest BCUT2D eigenvalue weighted by molar-refractivity contribution is 5.75. The lowest BCUT2D eigenvalue weighted by molar-refractivity contribution is -0.119. The summed E-state index contributed by atoms with van der Waals surface area (Å²) in [5.41, 5.74) is 1.71. The van der Waals surface area contributed by atoms with Gasteiger partial charge < -0.3 is 15.5 Å². The highest BCUT2D eigenvalue weighted by atomic mass is 16.3. The summed E-state index contributed by atoms with van der Waals surface area (Å²) in [6.45, 7) is 3.08. The molecule has 1 aromatic rings. The van der Waals surface area contributed by atoms with E-state index in [1.54, 1.807) is 19.1 Å². The molecule has 1 amide bonds. The third-order valence-corrected chi connectivity index (χ3v) is 2.52. The number of nitrogens with one attached hydrogen (secondary N) is 1. The Morgan fingerprint density at radius 2 is 2.06 bits per heavy atom. The molecule has 3 N–H and O–H groups in total. The summed E-state index contributed by atoms with van der Waals surface area (Å²) in [5.74, 6) is -0.279. The van der Waals surface area contributed by atoms with Crippen molar-refractivity contribution < 1.29 is 19.8 Å². The van der Waals surface area contributed by atoms with Gasteiger partial charge in [-0.3, -0.25) is 9.59 Å². The average Bonchev–Trinajstić information content (AvgIpc) is 2.34. The van der Waals surface area contributed by atoms with Crippen molar-refractivity contribution in [2.75, 3.05) is 6.54 Å². The van der Waals surface area contributed by atoms with Gasteiger partial charge in [-0.1, -0.05) is 11.6 Å². The molecule has 0 aromatic heterocycles. The zero-order valence-corrected chi connectivity index (χ0v) is 10.4. The Hall–Kier alpha value is -1.72. The fourth-order valence-corrected chi connectivity index (χ4v) is 1.66. The molecule has 0 saturated carbocycles. The zero-order valence-electron chi connectivity index (χ0n) is 10.4. The SMILES string of the molecule is CC(=O)NCC(O)C(O)c1cc(C)cc(C=O)c1. The molecule has 0 aliphatic rings. The van der Waals surface area contributed by atoms with Crippen molar-refractivity contribution in [2.45, 2.75) is 26.1 Å². The number of aliphatic hydroxyl groups excluding tert-OH is 2. The molecule has 18 heavy (non-hydrogen) atoms. The number of benzene rings is 1. The molecule has 1 aromatic carbocycles. The molecule has 1 rings (SSSR count). The second-order valence-corrected chi connectivity index (χ2v) is 4.24. The average molecular weight is 251 g/mol. The van der Waals surface area contributed by atoms with Gasteiger partial charge in [-0.25, -0.2) is 0 Å². The second kappa shape index (κ2) is 6.28. The molecule has 0 bridgehead atoms. The first-order valence-electron chi connectivity index (χ1n) is 5.61. The van der Waals surface area contributed by atoms with Gasteiger partial charge in [0.2, 0.25) is 5.91 Å². The summed E-state index contributed by atoms with van der Waals surface area (Å²) in [7, 11) is 0. The van der Waals surface area contributed by atoms with E-state index in [9.17, 15) is 19.8 Å². The summed E-state index contributed by atoms with van der Waals surface area (Å²) in [6, 6.07) is 4.89. The van der Waals surface area contributed by atoms with Crippen molar-refractivity contribution in [1.82, 2.24) is 5.32 Å². The fraction of sp³-hybridized carbons (Fsp3) is 0.385. The van der Waals surface area contributed by atoms with E-state index in [2.05, 4.69) is 5.32 Å². The summed E-state index contributed by atoms with van der Waals surface area (Å²) in [6.07, 6.45) is -1.57. The third-order valence-electron chi connectivity index (χ3n) is 2.52. The van der Waals surface area contributed by atoms with Crippen molar-refractivity contribution in [3.05, 3.63) is 34.9 Å². The lowest BCUT2D eigenvalue weighted by atomic mass is 9.99. The lowest BCUT2D eigenvalue weighted by Crippen LogP contribution is -2.34. The van der Waals surface area contributed by atoms with E-state index in [0.29, 0.717) is 17.4 Å². The second-order valence-electron chi connectivity index (χ2n) is 4.24. The van der Waals surface area contributed by atoms with Crippen LogP contribution in [0.5, 0.6) is 0 Å².